The molecule has 0 N–H and O–H groups in total. The van der Waals surface area contributed by atoms with Crippen molar-refractivity contribution in [3.05, 3.63) is 36.0 Å². The lowest BCUT2D eigenvalue weighted by Gasteiger charge is -1.88. The van der Waals surface area contributed by atoms with Gasteiger partial charge < -0.3 is 4.57 Å². The Morgan fingerprint density at radius 1 is 1.75 bits per heavy atom. The molecule has 0 saturated carbocycles. The maximum atomic E-state index is 10.3. The minimum absolute atomic E-state index is 0.232. The predicted octanol–water partition coefficient (Wildman–Crippen LogP) is -0.117. The zero-order valence-electron chi connectivity index (χ0n) is 4.24. The zero-order valence-corrected chi connectivity index (χ0v) is 4.24. The lowest BCUT2D eigenvalue weighted by atomic mass is 10.6. The molecule has 3 heteroatoms. The van der Waals surface area contributed by atoms with Crippen molar-refractivity contribution >= 4 is 0 Å². The highest BCUT2D eigenvalue weighted by molar-refractivity contribution is 4.81. The highest BCUT2D eigenvalue weighted by Gasteiger charge is 1.78. The summed E-state index contributed by atoms with van der Waals surface area (Å²) in [5.41, 5.74) is -0.232. The van der Waals surface area contributed by atoms with Gasteiger partial charge in [-0.25, -0.2) is 0 Å². The summed E-state index contributed by atoms with van der Waals surface area (Å²) in [4.78, 5) is 13.7. The van der Waals surface area contributed by atoms with Crippen LogP contribution in [0.4, 0.5) is 0 Å². The Labute approximate surface area is 46.6 Å². The Morgan fingerprint density at radius 2 is 2.50 bits per heavy atom. The van der Waals surface area contributed by atoms with Gasteiger partial charge in [0, 0.05) is 19.3 Å². The second-order valence-corrected chi connectivity index (χ2v) is 1.41. The van der Waals surface area contributed by atoms with E-state index in [1.807, 2.05) is 0 Å². The maximum absolute atomic E-state index is 10.3. The molecule has 1 aromatic rings. The number of hydrogen-bond donors (Lipinski definition) is 0. The molecule has 8 heavy (non-hydrogen) atoms. The van der Waals surface area contributed by atoms with Crippen molar-refractivity contribution in [2.45, 2.75) is 0 Å². The van der Waals surface area contributed by atoms with Gasteiger partial charge in [0.15, 0.2) is 0 Å². The van der Waals surface area contributed by atoms with Crippen molar-refractivity contribution in [1.82, 2.24) is 9.55 Å². The summed E-state index contributed by atoms with van der Waals surface area (Å²) in [6.07, 6.45) is 2.91. The van der Waals surface area contributed by atoms with Gasteiger partial charge in [0.05, 0.1) is 6.33 Å². The summed E-state index contributed by atoms with van der Waals surface area (Å²) in [5, 5.41) is 0. The first kappa shape index (κ1) is 5.03. The smallest absolute Gasteiger partial charge is 0.272 e. The van der Waals surface area contributed by atoms with Crippen LogP contribution in [0.1, 0.15) is 0 Å². The minimum atomic E-state index is -0.232. The van der Waals surface area contributed by atoms with E-state index in [2.05, 4.69) is 12.0 Å². The molecule has 1 heterocycles. The van der Waals surface area contributed by atoms with Crippen LogP contribution in [0.25, 0.3) is 0 Å². The molecule has 0 bridgehead atoms. The van der Waals surface area contributed by atoms with E-state index in [1.165, 1.54) is 17.0 Å². The van der Waals surface area contributed by atoms with Gasteiger partial charge in [-0.3, -0.25) is 4.79 Å². The monoisotopic (exact) mass is 109 g/mol. The number of nitrogens with zero attached hydrogens (tertiary/aromatic N) is 2. The van der Waals surface area contributed by atoms with Crippen LogP contribution in [0, 0.1) is 7.05 Å². The van der Waals surface area contributed by atoms with E-state index in [0.717, 1.165) is 0 Å². The molecule has 1 rings (SSSR count). The van der Waals surface area contributed by atoms with E-state index in [-0.39, 0.29) is 5.56 Å². The Balaban J connectivity index is 3.22. The van der Waals surface area contributed by atoms with Gasteiger partial charge in [0.1, 0.15) is 0 Å². The fourth-order valence-corrected chi connectivity index (χ4v) is 0.372. The first-order valence-corrected chi connectivity index (χ1v) is 2.14. The Bertz CT molecular complexity index is 208. The fourth-order valence-electron chi connectivity index (χ4n) is 0.372. The van der Waals surface area contributed by atoms with Crippen molar-refractivity contribution in [1.29, 1.82) is 0 Å². The van der Waals surface area contributed by atoms with Gasteiger partial charge in [-0.2, -0.15) is 4.98 Å². The Kier molecular flexibility index (Phi) is 1.12. The molecule has 0 aliphatic rings. The van der Waals surface area contributed by atoms with Crippen LogP contribution in [0.15, 0.2) is 23.4 Å². The van der Waals surface area contributed by atoms with E-state index in [4.69, 9.17) is 0 Å². The third-order valence-electron chi connectivity index (χ3n) is 0.742. The molecule has 0 amide bonds. The second-order valence-electron chi connectivity index (χ2n) is 1.41. The molecule has 1 radical (unpaired) electrons. The lowest BCUT2D eigenvalue weighted by molar-refractivity contribution is 0.962. The summed E-state index contributed by atoms with van der Waals surface area (Å²) < 4.78 is 1.46. The lowest BCUT2D eigenvalue weighted by Crippen LogP contribution is -2.04. The van der Waals surface area contributed by atoms with Gasteiger partial charge in [0.25, 0.3) is 5.56 Å². The third kappa shape index (κ3) is 0.932. The zero-order chi connectivity index (χ0) is 5.98. The number of hydrogen-bond acceptors (Lipinski definition) is 2. The van der Waals surface area contributed by atoms with E-state index in [9.17, 15) is 4.79 Å². The van der Waals surface area contributed by atoms with E-state index < -0.39 is 0 Å². The van der Waals surface area contributed by atoms with Crippen LogP contribution < -0.4 is 5.56 Å². The molecular weight excluding hydrogens is 104 g/mol. The topological polar surface area (TPSA) is 34.9 Å². The Morgan fingerprint density at radius 3 is 2.88 bits per heavy atom. The van der Waals surface area contributed by atoms with Crippen molar-refractivity contribution in [2.75, 3.05) is 0 Å². The summed E-state index contributed by atoms with van der Waals surface area (Å²) in [6.45, 7) is 0. The molecule has 0 aromatic carbocycles. The highest BCUT2D eigenvalue weighted by atomic mass is 16.1. The summed E-state index contributed by atoms with van der Waals surface area (Å²) >= 11 is 0. The van der Waals surface area contributed by atoms with E-state index in [0.29, 0.717) is 0 Å². The van der Waals surface area contributed by atoms with Gasteiger partial charge in [-0.05, 0) is 0 Å². The number of aromatic nitrogens is 2. The molecule has 0 atom stereocenters. The van der Waals surface area contributed by atoms with Crippen molar-refractivity contribution in [3.8, 4) is 0 Å². The molecule has 1 aromatic heterocycles. The standard InChI is InChI=1S/C5H5N2O/c1-7-3-2-5(8)6-4-7/h2-4H,1H2. The van der Waals surface area contributed by atoms with Crippen LogP contribution in [-0.4, -0.2) is 9.55 Å². The molecular formula is C5H5N2O. The summed E-state index contributed by atoms with van der Waals surface area (Å²) in [6, 6.07) is 1.35. The van der Waals surface area contributed by atoms with Crippen molar-refractivity contribution in [3.63, 3.8) is 0 Å². The van der Waals surface area contributed by atoms with Crippen LogP contribution in [-0.2, 0) is 0 Å². The van der Waals surface area contributed by atoms with E-state index >= 15 is 0 Å². The minimum Gasteiger partial charge on any atom is -0.337 e. The molecule has 0 saturated heterocycles. The quantitative estimate of drug-likeness (QED) is 0.465. The molecule has 3 nitrogen and oxygen atoms in total. The van der Waals surface area contributed by atoms with Gasteiger partial charge >= 0.3 is 0 Å². The maximum Gasteiger partial charge on any atom is 0.272 e. The molecule has 41 valence electrons. The summed E-state index contributed by atoms with van der Waals surface area (Å²) in [5.74, 6) is 0. The third-order valence-corrected chi connectivity index (χ3v) is 0.742. The predicted molar refractivity (Wildman–Crippen MR) is 29.3 cm³/mol. The van der Waals surface area contributed by atoms with E-state index in [1.54, 1.807) is 6.20 Å². The molecule has 0 aliphatic heterocycles. The summed E-state index contributed by atoms with van der Waals surface area (Å²) in [7, 11) is 3.48. The van der Waals surface area contributed by atoms with Crippen LogP contribution >= 0.6 is 0 Å². The van der Waals surface area contributed by atoms with Gasteiger partial charge in [0.2, 0.25) is 0 Å². The first-order valence-electron chi connectivity index (χ1n) is 2.14. The molecule has 0 spiro atoms. The fraction of sp³-hybridized carbons (Fsp3) is 0. The van der Waals surface area contributed by atoms with Crippen molar-refractivity contribution in [2.24, 2.45) is 0 Å². The van der Waals surface area contributed by atoms with Crippen LogP contribution in [0.2, 0.25) is 0 Å². The normalized spacial score (nSPS) is 9.12. The first-order chi connectivity index (χ1) is 3.79. The molecule has 0 aliphatic carbocycles. The van der Waals surface area contributed by atoms with Crippen LogP contribution in [0.3, 0.4) is 0 Å². The Hall–Kier alpha value is -1.12. The number of rotatable bonds is 0. The van der Waals surface area contributed by atoms with Gasteiger partial charge in [-0.15, -0.1) is 0 Å². The average molecular weight is 109 g/mol. The second kappa shape index (κ2) is 1.78. The van der Waals surface area contributed by atoms with Gasteiger partial charge in [-0.1, -0.05) is 0 Å². The average Bonchev–Trinajstić information content (AvgIpc) is 1.77. The molecule has 0 unspecified atom stereocenters. The SMILES string of the molecule is [CH2]n1ccc(=O)nc1. The molecule has 0 fully saturated rings. The highest BCUT2D eigenvalue weighted by Crippen LogP contribution is 1.70. The largest absolute Gasteiger partial charge is 0.337 e. The van der Waals surface area contributed by atoms with Crippen LogP contribution in [0.5, 0.6) is 0 Å². The van der Waals surface area contributed by atoms with Crippen molar-refractivity contribution < 1.29 is 0 Å².